The van der Waals surface area contributed by atoms with Gasteiger partial charge in [0, 0.05) is 6.54 Å². The number of ether oxygens (including phenoxy) is 2. The van der Waals surface area contributed by atoms with Crippen molar-refractivity contribution in [3.63, 3.8) is 0 Å². The number of carbonyl (C=O) groups excluding carboxylic acids is 1. The summed E-state index contributed by atoms with van der Waals surface area (Å²) in [5, 5.41) is 5.63. The third-order valence-corrected chi connectivity index (χ3v) is 3.68. The van der Waals surface area contributed by atoms with Crippen LogP contribution in [0.3, 0.4) is 0 Å². The number of nitrogens with one attached hydrogen (secondary N) is 2. The standard InChI is InChI=1S/C20H26N2O3/c1-15-11-16(2)13-19(12-15)25-10-9-22-20(23)21-8-7-17-5-4-6-18(14-17)24-3/h4-6,11-14H,7-10H2,1-3H3,(H2,21,22,23). The lowest BCUT2D eigenvalue weighted by Gasteiger charge is -2.10. The first-order valence-electron chi connectivity index (χ1n) is 8.42. The summed E-state index contributed by atoms with van der Waals surface area (Å²) in [4.78, 5) is 11.8. The number of aryl methyl sites for hydroxylation is 2. The molecule has 0 spiro atoms. The fourth-order valence-corrected chi connectivity index (χ4v) is 2.56. The summed E-state index contributed by atoms with van der Waals surface area (Å²) in [5.41, 5.74) is 3.45. The molecule has 134 valence electrons. The van der Waals surface area contributed by atoms with Crippen molar-refractivity contribution in [1.82, 2.24) is 10.6 Å². The van der Waals surface area contributed by atoms with Gasteiger partial charge in [-0.1, -0.05) is 18.2 Å². The Labute approximate surface area is 149 Å². The zero-order valence-corrected chi connectivity index (χ0v) is 15.1. The Morgan fingerprint density at radius 3 is 2.40 bits per heavy atom. The van der Waals surface area contributed by atoms with Crippen LogP contribution in [0, 0.1) is 13.8 Å². The molecule has 2 N–H and O–H groups in total. The van der Waals surface area contributed by atoms with Crippen molar-refractivity contribution >= 4 is 6.03 Å². The molecule has 0 radical (unpaired) electrons. The van der Waals surface area contributed by atoms with Crippen LogP contribution in [-0.4, -0.2) is 32.8 Å². The highest BCUT2D eigenvalue weighted by atomic mass is 16.5. The number of urea groups is 1. The number of benzene rings is 2. The van der Waals surface area contributed by atoms with Crippen molar-refractivity contribution in [2.75, 3.05) is 26.8 Å². The van der Waals surface area contributed by atoms with Gasteiger partial charge in [-0.05, 0) is 61.2 Å². The van der Waals surface area contributed by atoms with Gasteiger partial charge in [0.25, 0.3) is 0 Å². The second-order valence-corrected chi connectivity index (χ2v) is 5.96. The van der Waals surface area contributed by atoms with Gasteiger partial charge < -0.3 is 20.1 Å². The van der Waals surface area contributed by atoms with Gasteiger partial charge in [-0.2, -0.15) is 0 Å². The Hall–Kier alpha value is -2.69. The van der Waals surface area contributed by atoms with Crippen LogP contribution in [0.25, 0.3) is 0 Å². The lowest BCUT2D eigenvalue weighted by molar-refractivity contribution is 0.236. The lowest BCUT2D eigenvalue weighted by Crippen LogP contribution is -2.38. The largest absolute Gasteiger partial charge is 0.497 e. The molecule has 0 aliphatic heterocycles. The van der Waals surface area contributed by atoms with Gasteiger partial charge in [-0.25, -0.2) is 4.79 Å². The van der Waals surface area contributed by atoms with E-state index < -0.39 is 0 Å². The summed E-state index contributed by atoms with van der Waals surface area (Å²) in [5.74, 6) is 1.66. The molecule has 0 aromatic heterocycles. The molecule has 0 unspecified atom stereocenters. The summed E-state index contributed by atoms with van der Waals surface area (Å²) >= 11 is 0. The van der Waals surface area contributed by atoms with Crippen molar-refractivity contribution in [2.24, 2.45) is 0 Å². The van der Waals surface area contributed by atoms with Crippen LogP contribution in [0.15, 0.2) is 42.5 Å². The molecule has 0 aliphatic carbocycles. The molecule has 2 rings (SSSR count). The minimum Gasteiger partial charge on any atom is -0.497 e. The first kappa shape index (κ1) is 18.6. The van der Waals surface area contributed by atoms with Gasteiger partial charge >= 0.3 is 6.03 Å². The van der Waals surface area contributed by atoms with Crippen molar-refractivity contribution in [3.05, 3.63) is 59.2 Å². The van der Waals surface area contributed by atoms with E-state index in [1.807, 2.05) is 50.2 Å². The molecule has 0 aliphatic rings. The van der Waals surface area contributed by atoms with Gasteiger partial charge in [-0.15, -0.1) is 0 Å². The van der Waals surface area contributed by atoms with Gasteiger partial charge in [0.1, 0.15) is 18.1 Å². The Morgan fingerprint density at radius 2 is 1.68 bits per heavy atom. The zero-order valence-electron chi connectivity index (χ0n) is 15.1. The molecule has 0 atom stereocenters. The number of methoxy groups -OCH3 is 1. The van der Waals surface area contributed by atoms with Crippen LogP contribution < -0.4 is 20.1 Å². The van der Waals surface area contributed by atoms with E-state index in [0.29, 0.717) is 19.7 Å². The van der Waals surface area contributed by atoms with E-state index in [0.717, 1.165) is 23.5 Å². The van der Waals surface area contributed by atoms with E-state index in [9.17, 15) is 4.79 Å². The molecule has 0 saturated carbocycles. The first-order valence-corrected chi connectivity index (χ1v) is 8.42. The maximum absolute atomic E-state index is 11.8. The quantitative estimate of drug-likeness (QED) is 0.724. The monoisotopic (exact) mass is 342 g/mol. The lowest BCUT2D eigenvalue weighted by atomic mass is 10.1. The van der Waals surface area contributed by atoms with Gasteiger partial charge in [0.2, 0.25) is 0 Å². The molecule has 5 heteroatoms. The predicted octanol–water partition coefficient (Wildman–Crippen LogP) is 3.23. The van der Waals surface area contributed by atoms with Crippen molar-refractivity contribution < 1.29 is 14.3 Å². The number of amides is 2. The molecule has 5 nitrogen and oxygen atoms in total. The van der Waals surface area contributed by atoms with Gasteiger partial charge in [-0.3, -0.25) is 0 Å². The van der Waals surface area contributed by atoms with E-state index in [-0.39, 0.29) is 6.03 Å². The maximum atomic E-state index is 11.8. The molecule has 25 heavy (non-hydrogen) atoms. The fraction of sp³-hybridized carbons (Fsp3) is 0.350. The number of hydrogen-bond acceptors (Lipinski definition) is 3. The molecule has 0 heterocycles. The molecule has 2 amide bonds. The summed E-state index contributed by atoms with van der Waals surface area (Å²) in [6.07, 6.45) is 0.754. The molecule has 0 bridgehead atoms. The van der Waals surface area contributed by atoms with Crippen LogP contribution in [-0.2, 0) is 6.42 Å². The van der Waals surface area contributed by atoms with Crippen molar-refractivity contribution in [3.8, 4) is 11.5 Å². The van der Waals surface area contributed by atoms with E-state index in [2.05, 4.69) is 16.7 Å². The minimum atomic E-state index is -0.188. The summed E-state index contributed by atoms with van der Waals surface area (Å²) in [7, 11) is 1.64. The third kappa shape index (κ3) is 6.75. The second kappa shape index (κ2) is 9.57. The van der Waals surface area contributed by atoms with E-state index in [1.165, 1.54) is 11.1 Å². The minimum absolute atomic E-state index is 0.188. The smallest absolute Gasteiger partial charge is 0.314 e. The summed E-state index contributed by atoms with van der Waals surface area (Å²) < 4.78 is 10.8. The number of carbonyl (C=O) groups is 1. The van der Waals surface area contributed by atoms with Gasteiger partial charge in [0.15, 0.2) is 0 Å². The van der Waals surface area contributed by atoms with Crippen LogP contribution in [0.5, 0.6) is 11.5 Å². The van der Waals surface area contributed by atoms with E-state index >= 15 is 0 Å². The normalized spacial score (nSPS) is 10.2. The molecule has 2 aromatic rings. The van der Waals surface area contributed by atoms with E-state index in [4.69, 9.17) is 9.47 Å². The highest BCUT2D eigenvalue weighted by Crippen LogP contribution is 2.15. The Bertz CT molecular complexity index is 681. The van der Waals surface area contributed by atoms with Crippen molar-refractivity contribution in [2.45, 2.75) is 20.3 Å². The van der Waals surface area contributed by atoms with Crippen LogP contribution in [0.4, 0.5) is 4.79 Å². The third-order valence-electron chi connectivity index (χ3n) is 3.68. The van der Waals surface area contributed by atoms with Crippen LogP contribution >= 0.6 is 0 Å². The first-order chi connectivity index (χ1) is 12.1. The highest BCUT2D eigenvalue weighted by molar-refractivity contribution is 5.73. The Balaban J connectivity index is 1.62. The molecule has 0 saturated heterocycles. The van der Waals surface area contributed by atoms with Crippen molar-refractivity contribution in [1.29, 1.82) is 0 Å². The van der Waals surface area contributed by atoms with Crippen LogP contribution in [0.1, 0.15) is 16.7 Å². The SMILES string of the molecule is COc1cccc(CCNC(=O)NCCOc2cc(C)cc(C)c2)c1. The average Bonchev–Trinajstić information content (AvgIpc) is 2.58. The molecular weight excluding hydrogens is 316 g/mol. The van der Waals surface area contributed by atoms with E-state index in [1.54, 1.807) is 7.11 Å². The summed E-state index contributed by atoms with van der Waals surface area (Å²) in [6, 6.07) is 13.7. The Kier molecular flexibility index (Phi) is 7.14. The predicted molar refractivity (Wildman–Crippen MR) is 99.5 cm³/mol. The molecular formula is C20H26N2O3. The number of rotatable bonds is 8. The van der Waals surface area contributed by atoms with Crippen LogP contribution in [0.2, 0.25) is 0 Å². The summed E-state index contributed by atoms with van der Waals surface area (Å²) in [6.45, 7) is 5.53. The highest BCUT2D eigenvalue weighted by Gasteiger charge is 2.01. The molecule has 2 aromatic carbocycles. The fourth-order valence-electron chi connectivity index (χ4n) is 2.56. The number of hydrogen-bond donors (Lipinski definition) is 2. The zero-order chi connectivity index (χ0) is 18.1. The average molecular weight is 342 g/mol. The van der Waals surface area contributed by atoms with Gasteiger partial charge in [0.05, 0.1) is 13.7 Å². The Morgan fingerprint density at radius 1 is 0.960 bits per heavy atom. The topological polar surface area (TPSA) is 59.6 Å². The second-order valence-electron chi connectivity index (χ2n) is 5.96. The molecule has 0 fully saturated rings. The maximum Gasteiger partial charge on any atom is 0.314 e.